The lowest BCUT2D eigenvalue weighted by Gasteiger charge is -2.10. The fourth-order valence-corrected chi connectivity index (χ4v) is 2.45. The Morgan fingerprint density at radius 2 is 2.27 bits per heavy atom. The van der Waals surface area contributed by atoms with Gasteiger partial charge in [-0.25, -0.2) is 10.5 Å². The molecule has 1 aliphatic rings. The molecule has 1 aliphatic carbocycles. The summed E-state index contributed by atoms with van der Waals surface area (Å²) >= 11 is 6.19. The highest BCUT2D eigenvalue weighted by atomic mass is 35.5. The third-order valence-corrected chi connectivity index (χ3v) is 3.88. The van der Waals surface area contributed by atoms with Gasteiger partial charge < -0.3 is 9.30 Å². The Morgan fingerprint density at radius 1 is 1.50 bits per heavy atom. The average Bonchev–Trinajstić information content (AvgIpc) is 3.24. The van der Waals surface area contributed by atoms with Gasteiger partial charge in [-0.15, -0.1) is 0 Å². The number of fused-ring (bicyclic) bond motifs is 1. The van der Waals surface area contributed by atoms with Gasteiger partial charge in [0, 0.05) is 12.7 Å². The van der Waals surface area contributed by atoms with E-state index < -0.39 is 0 Å². The topological polar surface area (TPSA) is 58.9 Å². The summed E-state index contributed by atoms with van der Waals surface area (Å²) in [4.78, 5) is 23.6. The minimum absolute atomic E-state index is 0.261. The van der Waals surface area contributed by atoms with E-state index in [4.69, 9.17) is 16.4 Å². The van der Waals surface area contributed by atoms with E-state index in [0.717, 1.165) is 11.3 Å². The quantitative estimate of drug-likeness (QED) is 0.828. The SMILES string of the molecule is CN(C)Cc1c(Cl)nc2ccc(C(=O)NOCC3CC3)cn12. The molecule has 1 N–H and O–H groups in total. The van der Waals surface area contributed by atoms with E-state index in [1.54, 1.807) is 18.3 Å². The molecule has 0 aromatic carbocycles. The lowest BCUT2D eigenvalue weighted by atomic mass is 10.2. The molecule has 1 fully saturated rings. The van der Waals surface area contributed by atoms with E-state index in [1.807, 2.05) is 23.4 Å². The largest absolute Gasteiger partial charge is 0.304 e. The summed E-state index contributed by atoms with van der Waals surface area (Å²) in [7, 11) is 3.91. The number of hydroxylamine groups is 1. The summed E-state index contributed by atoms with van der Waals surface area (Å²) in [5.41, 5.74) is 4.57. The predicted molar refractivity (Wildman–Crippen MR) is 83.7 cm³/mol. The number of imidazole rings is 1. The lowest BCUT2D eigenvalue weighted by molar-refractivity contribution is 0.0270. The second-order valence-corrected chi connectivity index (χ2v) is 6.28. The minimum Gasteiger partial charge on any atom is -0.304 e. The first-order chi connectivity index (χ1) is 10.5. The Labute approximate surface area is 134 Å². The van der Waals surface area contributed by atoms with Crippen LogP contribution in [-0.4, -0.2) is 40.9 Å². The zero-order valence-electron chi connectivity index (χ0n) is 12.7. The van der Waals surface area contributed by atoms with Crippen molar-refractivity contribution in [2.24, 2.45) is 5.92 Å². The van der Waals surface area contributed by atoms with Crippen molar-refractivity contribution in [2.45, 2.75) is 19.4 Å². The van der Waals surface area contributed by atoms with Gasteiger partial charge in [-0.2, -0.15) is 0 Å². The third kappa shape index (κ3) is 3.40. The summed E-state index contributed by atoms with van der Waals surface area (Å²) in [5, 5.41) is 0.455. The van der Waals surface area contributed by atoms with Crippen molar-refractivity contribution < 1.29 is 9.63 Å². The molecule has 0 unspecified atom stereocenters. The molecule has 2 aromatic rings. The van der Waals surface area contributed by atoms with Crippen LogP contribution in [0.1, 0.15) is 28.9 Å². The Kier molecular flexibility index (Phi) is 4.33. The molecule has 22 heavy (non-hydrogen) atoms. The van der Waals surface area contributed by atoms with E-state index in [0.29, 0.717) is 29.8 Å². The Bertz CT molecular complexity index is 694. The van der Waals surface area contributed by atoms with Gasteiger partial charge in [-0.1, -0.05) is 11.6 Å². The maximum absolute atomic E-state index is 12.1. The highest BCUT2D eigenvalue weighted by Crippen LogP contribution is 2.28. The molecule has 0 atom stereocenters. The first kappa shape index (κ1) is 15.3. The van der Waals surface area contributed by atoms with Crippen molar-refractivity contribution in [2.75, 3.05) is 20.7 Å². The van der Waals surface area contributed by atoms with Crippen LogP contribution in [0.4, 0.5) is 0 Å². The molecule has 6 nitrogen and oxygen atoms in total. The average molecular weight is 323 g/mol. The van der Waals surface area contributed by atoms with E-state index in [2.05, 4.69) is 10.5 Å². The van der Waals surface area contributed by atoms with Crippen LogP contribution in [0.5, 0.6) is 0 Å². The molecule has 0 bridgehead atoms. The number of amides is 1. The monoisotopic (exact) mass is 322 g/mol. The number of halogens is 1. The first-order valence-electron chi connectivity index (χ1n) is 7.28. The number of carbonyl (C=O) groups excluding carboxylic acids is 1. The molecule has 0 radical (unpaired) electrons. The summed E-state index contributed by atoms with van der Waals surface area (Å²) in [6.45, 7) is 1.22. The van der Waals surface area contributed by atoms with E-state index in [-0.39, 0.29) is 5.91 Å². The molecule has 2 heterocycles. The molecule has 7 heteroatoms. The maximum Gasteiger partial charge on any atom is 0.276 e. The zero-order chi connectivity index (χ0) is 15.7. The summed E-state index contributed by atoms with van der Waals surface area (Å²) in [5.74, 6) is 0.338. The van der Waals surface area contributed by atoms with E-state index in [9.17, 15) is 4.79 Å². The fourth-order valence-electron chi connectivity index (χ4n) is 2.21. The normalized spacial score (nSPS) is 14.7. The molecule has 1 amide bonds. The smallest absolute Gasteiger partial charge is 0.276 e. The van der Waals surface area contributed by atoms with Crippen LogP contribution < -0.4 is 5.48 Å². The molecule has 2 aromatic heterocycles. The van der Waals surface area contributed by atoms with Crippen molar-refractivity contribution in [3.63, 3.8) is 0 Å². The van der Waals surface area contributed by atoms with Gasteiger partial charge in [0.15, 0.2) is 5.15 Å². The van der Waals surface area contributed by atoms with Crippen LogP contribution in [0, 0.1) is 5.92 Å². The molecule has 118 valence electrons. The molecular formula is C15H19ClN4O2. The molecule has 1 saturated carbocycles. The van der Waals surface area contributed by atoms with Gasteiger partial charge in [0.25, 0.3) is 5.91 Å². The van der Waals surface area contributed by atoms with Gasteiger partial charge in [0.2, 0.25) is 0 Å². The van der Waals surface area contributed by atoms with Crippen LogP contribution in [0.3, 0.4) is 0 Å². The third-order valence-electron chi connectivity index (χ3n) is 3.58. The zero-order valence-corrected chi connectivity index (χ0v) is 13.4. The van der Waals surface area contributed by atoms with Crippen molar-refractivity contribution in [1.82, 2.24) is 19.8 Å². The Morgan fingerprint density at radius 3 is 2.95 bits per heavy atom. The van der Waals surface area contributed by atoms with Crippen molar-refractivity contribution in [3.05, 3.63) is 34.7 Å². The van der Waals surface area contributed by atoms with Gasteiger partial charge in [-0.05, 0) is 45.0 Å². The second-order valence-electron chi connectivity index (χ2n) is 5.92. The minimum atomic E-state index is -0.261. The van der Waals surface area contributed by atoms with Crippen LogP contribution in [0.15, 0.2) is 18.3 Å². The number of pyridine rings is 1. The van der Waals surface area contributed by atoms with Crippen LogP contribution >= 0.6 is 11.6 Å². The Hall–Kier alpha value is -1.63. The number of rotatable bonds is 6. The van der Waals surface area contributed by atoms with E-state index >= 15 is 0 Å². The molecule has 0 aliphatic heterocycles. The van der Waals surface area contributed by atoms with Gasteiger partial charge >= 0.3 is 0 Å². The highest BCUT2D eigenvalue weighted by Gasteiger charge is 2.22. The van der Waals surface area contributed by atoms with Gasteiger partial charge in [0.05, 0.1) is 17.9 Å². The number of nitrogens with zero attached hydrogens (tertiary/aromatic N) is 3. The van der Waals surface area contributed by atoms with Crippen molar-refractivity contribution in [1.29, 1.82) is 0 Å². The second kappa shape index (κ2) is 6.24. The molecular weight excluding hydrogens is 304 g/mol. The number of carbonyl (C=O) groups is 1. The predicted octanol–water partition coefficient (Wildman–Crippen LogP) is 2.12. The van der Waals surface area contributed by atoms with Gasteiger partial charge in [-0.3, -0.25) is 9.63 Å². The molecule has 0 spiro atoms. The maximum atomic E-state index is 12.1. The van der Waals surface area contributed by atoms with Crippen LogP contribution in [-0.2, 0) is 11.4 Å². The summed E-state index contributed by atoms with van der Waals surface area (Å²) < 4.78 is 1.85. The number of hydrogen-bond acceptors (Lipinski definition) is 4. The van der Waals surface area contributed by atoms with Crippen LogP contribution in [0.2, 0.25) is 5.15 Å². The summed E-state index contributed by atoms with van der Waals surface area (Å²) in [6, 6.07) is 3.49. The molecule has 0 saturated heterocycles. The van der Waals surface area contributed by atoms with Crippen LogP contribution in [0.25, 0.3) is 5.65 Å². The molecule has 3 rings (SSSR count). The van der Waals surface area contributed by atoms with Gasteiger partial charge in [0.1, 0.15) is 5.65 Å². The summed E-state index contributed by atoms with van der Waals surface area (Å²) in [6.07, 6.45) is 4.11. The number of nitrogens with one attached hydrogen (secondary N) is 1. The van der Waals surface area contributed by atoms with Crippen molar-refractivity contribution >= 4 is 23.2 Å². The first-order valence-corrected chi connectivity index (χ1v) is 7.65. The number of hydrogen-bond donors (Lipinski definition) is 1. The fraction of sp³-hybridized carbons (Fsp3) is 0.467. The Balaban J connectivity index is 1.79. The highest BCUT2D eigenvalue weighted by molar-refractivity contribution is 6.30. The lowest BCUT2D eigenvalue weighted by Crippen LogP contribution is -2.25. The van der Waals surface area contributed by atoms with E-state index in [1.165, 1.54) is 12.8 Å². The standard InChI is InChI=1S/C15H19ClN4O2/c1-19(2)8-12-14(16)17-13-6-5-11(7-20(12)13)15(21)18-22-9-10-3-4-10/h5-7,10H,3-4,8-9H2,1-2H3,(H,18,21). The number of aromatic nitrogens is 2. The van der Waals surface area contributed by atoms with Crippen molar-refractivity contribution in [3.8, 4) is 0 Å².